The van der Waals surface area contributed by atoms with E-state index in [0.717, 1.165) is 32.1 Å². The van der Waals surface area contributed by atoms with Gasteiger partial charge in [0.2, 0.25) is 5.95 Å². The van der Waals surface area contributed by atoms with Crippen molar-refractivity contribution in [2.45, 2.75) is 0 Å². The number of anilines is 2. The number of nitrogens with one attached hydrogen (secondary N) is 1. The number of fused-ring (bicyclic) bond motifs is 1. The Morgan fingerprint density at radius 3 is 2.32 bits per heavy atom. The lowest BCUT2D eigenvalue weighted by Crippen LogP contribution is -2.48. The second kappa shape index (κ2) is 5.60. The fourth-order valence-corrected chi connectivity index (χ4v) is 2.89. The van der Waals surface area contributed by atoms with Crippen molar-refractivity contribution < 1.29 is 4.98 Å². The molecule has 3 aromatic rings. The fourth-order valence-electron chi connectivity index (χ4n) is 2.89. The number of piperazine rings is 1. The zero-order chi connectivity index (χ0) is 14.8. The number of para-hydroxylation sites is 1. The molecule has 0 atom stereocenters. The number of hydrogen-bond acceptors (Lipinski definition) is 4. The Kier molecular flexibility index (Phi) is 3.31. The summed E-state index contributed by atoms with van der Waals surface area (Å²) in [5, 5.41) is 1.24. The van der Waals surface area contributed by atoms with Gasteiger partial charge in [-0.15, -0.1) is 0 Å². The molecule has 1 saturated heterocycles. The molecule has 1 aliphatic heterocycles. The molecule has 0 spiro atoms. The van der Waals surface area contributed by atoms with Gasteiger partial charge in [-0.25, -0.2) is 15.0 Å². The van der Waals surface area contributed by atoms with E-state index in [0.29, 0.717) is 0 Å². The van der Waals surface area contributed by atoms with Crippen LogP contribution in [0, 0.1) is 0 Å². The molecular weight excluding hydrogens is 274 g/mol. The topological polar surface area (TPSA) is 46.4 Å². The Hall–Kier alpha value is -2.69. The van der Waals surface area contributed by atoms with E-state index in [4.69, 9.17) is 0 Å². The second-order valence-electron chi connectivity index (χ2n) is 5.45. The molecule has 0 saturated carbocycles. The highest BCUT2D eigenvalue weighted by molar-refractivity contribution is 5.76. The van der Waals surface area contributed by atoms with E-state index in [-0.39, 0.29) is 0 Å². The van der Waals surface area contributed by atoms with Crippen molar-refractivity contribution in [3.63, 3.8) is 0 Å². The van der Waals surface area contributed by atoms with Gasteiger partial charge in [-0.05, 0) is 18.2 Å². The maximum atomic E-state index is 4.33. The molecule has 22 heavy (non-hydrogen) atoms. The molecule has 1 aliphatic rings. The Morgan fingerprint density at radius 1 is 0.773 bits per heavy atom. The molecule has 3 heterocycles. The lowest BCUT2D eigenvalue weighted by atomic mass is 10.2. The van der Waals surface area contributed by atoms with E-state index in [9.17, 15) is 0 Å². The highest BCUT2D eigenvalue weighted by Crippen LogP contribution is 2.16. The molecule has 0 amide bonds. The minimum Gasteiger partial charge on any atom is -0.333 e. The van der Waals surface area contributed by atoms with Gasteiger partial charge in [0.15, 0.2) is 0 Å². The maximum absolute atomic E-state index is 4.33. The van der Waals surface area contributed by atoms with Crippen LogP contribution in [-0.4, -0.2) is 36.1 Å². The summed E-state index contributed by atoms with van der Waals surface area (Å²) in [4.78, 5) is 16.8. The quantitative estimate of drug-likeness (QED) is 0.722. The van der Waals surface area contributed by atoms with Crippen molar-refractivity contribution in [2.24, 2.45) is 0 Å². The van der Waals surface area contributed by atoms with Gasteiger partial charge < -0.3 is 4.90 Å². The maximum Gasteiger partial charge on any atom is 0.274 e. The summed E-state index contributed by atoms with van der Waals surface area (Å²) in [6.07, 6.45) is 3.59. The van der Waals surface area contributed by atoms with E-state index in [1.54, 1.807) is 12.4 Å². The van der Waals surface area contributed by atoms with Crippen LogP contribution in [-0.2, 0) is 0 Å². The molecule has 5 heteroatoms. The molecule has 0 unspecified atom stereocenters. The van der Waals surface area contributed by atoms with Crippen LogP contribution in [0.1, 0.15) is 0 Å². The minimum atomic E-state index is 0.824. The Morgan fingerprint density at radius 2 is 1.50 bits per heavy atom. The van der Waals surface area contributed by atoms with Crippen molar-refractivity contribution in [3.8, 4) is 0 Å². The molecule has 0 radical (unpaired) electrons. The van der Waals surface area contributed by atoms with E-state index in [1.807, 2.05) is 6.07 Å². The van der Waals surface area contributed by atoms with Crippen LogP contribution in [0.15, 0.2) is 54.9 Å². The number of aromatic amines is 1. The normalized spacial score (nSPS) is 15.3. The molecule has 110 valence electrons. The van der Waals surface area contributed by atoms with Crippen molar-refractivity contribution in [1.82, 2.24) is 9.97 Å². The minimum absolute atomic E-state index is 0.824. The van der Waals surface area contributed by atoms with Crippen molar-refractivity contribution in [1.29, 1.82) is 0 Å². The van der Waals surface area contributed by atoms with E-state index >= 15 is 0 Å². The predicted molar refractivity (Wildman–Crippen MR) is 87.0 cm³/mol. The molecule has 1 N–H and O–H groups in total. The summed E-state index contributed by atoms with van der Waals surface area (Å²) in [7, 11) is 0. The third kappa shape index (κ3) is 2.45. The van der Waals surface area contributed by atoms with Gasteiger partial charge >= 0.3 is 0 Å². The number of rotatable bonds is 2. The van der Waals surface area contributed by atoms with Gasteiger partial charge in [-0.3, -0.25) is 4.90 Å². The Bertz CT molecular complexity index is 766. The highest BCUT2D eigenvalue weighted by atomic mass is 15.3. The summed E-state index contributed by atoms with van der Waals surface area (Å²) < 4.78 is 0. The monoisotopic (exact) mass is 292 g/mol. The summed E-state index contributed by atoms with van der Waals surface area (Å²) >= 11 is 0. The average molecular weight is 292 g/mol. The molecule has 1 aromatic carbocycles. The van der Waals surface area contributed by atoms with Gasteiger partial charge in [0.1, 0.15) is 18.6 Å². The number of aromatic nitrogens is 3. The van der Waals surface area contributed by atoms with Gasteiger partial charge in [-0.1, -0.05) is 18.2 Å². The lowest BCUT2D eigenvalue weighted by Gasteiger charge is -2.30. The van der Waals surface area contributed by atoms with Gasteiger partial charge in [-0.2, -0.15) is 0 Å². The Balaban J connectivity index is 1.50. The second-order valence-corrected chi connectivity index (χ2v) is 5.45. The largest absolute Gasteiger partial charge is 0.333 e. The molecule has 1 fully saturated rings. The number of pyridine rings is 1. The molecule has 4 rings (SSSR count). The zero-order valence-electron chi connectivity index (χ0n) is 12.3. The summed E-state index contributed by atoms with van der Waals surface area (Å²) in [5.74, 6) is 2.00. The van der Waals surface area contributed by atoms with Crippen LogP contribution < -0.4 is 14.8 Å². The van der Waals surface area contributed by atoms with Crippen molar-refractivity contribution >= 4 is 22.7 Å². The molecule has 0 bridgehead atoms. The van der Waals surface area contributed by atoms with Crippen LogP contribution in [0.2, 0.25) is 0 Å². The van der Waals surface area contributed by atoms with Crippen LogP contribution in [0.25, 0.3) is 10.9 Å². The first-order chi connectivity index (χ1) is 10.9. The summed E-state index contributed by atoms with van der Waals surface area (Å²) in [6.45, 7) is 3.80. The number of benzene rings is 1. The van der Waals surface area contributed by atoms with Gasteiger partial charge in [0, 0.05) is 23.8 Å². The smallest absolute Gasteiger partial charge is 0.274 e. The highest BCUT2D eigenvalue weighted by Gasteiger charge is 2.24. The van der Waals surface area contributed by atoms with Crippen molar-refractivity contribution in [3.05, 3.63) is 54.9 Å². The fraction of sp³-hybridized carbons (Fsp3) is 0.235. The zero-order valence-corrected chi connectivity index (χ0v) is 12.3. The van der Waals surface area contributed by atoms with Crippen LogP contribution in [0.5, 0.6) is 0 Å². The molecular formula is C17H18N5+. The third-order valence-electron chi connectivity index (χ3n) is 4.10. The number of nitrogens with zero attached hydrogens (tertiary/aromatic N) is 4. The average Bonchev–Trinajstić information content (AvgIpc) is 2.62. The molecule has 5 nitrogen and oxygen atoms in total. The molecule has 0 aliphatic carbocycles. The first-order valence-corrected chi connectivity index (χ1v) is 7.58. The van der Waals surface area contributed by atoms with Gasteiger partial charge in [0.25, 0.3) is 5.82 Å². The standard InChI is InChI=1S/C17H17N5/c1-2-5-15-14(4-1)6-7-16(20-15)21-10-12-22(13-11-21)17-18-8-3-9-19-17/h1-9H,10-13H2/p+1. The summed E-state index contributed by atoms with van der Waals surface area (Å²) in [5.41, 5.74) is 1.17. The number of H-pyrrole nitrogens is 1. The first kappa shape index (κ1) is 13.0. The van der Waals surface area contributed by atoms with Crippen molar-refractivity contribution in [2.75, 3.05) is 36.0 Å². The first-order valence-electron chi connectivity index (χ1n) is 7.58. The van der Waals surface area contributed by atoms with Crippen LogP contribution in [0.3, 0.4) is 0 Å². The SMILES string of the molecule is c1cnc(N2CCN(c3ccc4ccccc4[nH+]3)CC2)nc1. The van der Waals surface area contributed by atoms with Crippen LogP contribution >= 0.6 is 0 Å². The van der Waals surface area contributed by atoms with Gasteiger partial charge in [0.05, 0.1) is 13.1 Å². The summed E-state index contributed by atoms with van der Waals surface area (Å²) in [6, 6.07) is 14.6. The predicted octanol–water partition coefficient (Wildman–Crippen LogP) is 1.77. The molecule has 2 aromatic heterocycles. The van der Waals surface area contributed by atoms with Crippen LogP contribution in [0.4, 0.5) is 11.8 Å². The third-order valence-corrected chi connectivity index (χ3v) is 4.10. The van der Waals surface area contributed by atoms with E-state index in [1.165, 1.54) is 16.7 Å². The van der Waals surface area contributed by atoms with E-state index < -0.39 is 0 Å². The number of hydrogen-bond donors (Lipinski definition) is 0. The van der Waals surface area contributed by atoms with E-state index in [2.05, 4.69) is 61.1 Å². The Labute approximate surface area is 129 Å². The lowest BCUT2D eigenvalue weighted by molar-refractivity contribution is -0.330.